The van der Waals surface area contributed by atoms with Gasteiger partial charge in [0.05, 0.1) is 22.5 Å². The molecule has 1 fully saturated rings. The van der Waals surface area contributed by atoms with Crippen LogP contribution in [0.4, 0.5) is 0 Å². The summed E-state index contributed by atoms with van der Waals surface area (Å²) in [5.41, 5.74) is 3.49. The van der Waals surface area contributed by atoms with E-state index in [4.69, 9.17) is 21.3 Å². The quantitative estimate of drug-likeness (QED) is 0.794. The third-order valence-corrected chi connectivity index (χ3v) is 4.19. The van der Waals surface area contributed by atoms with Gasteiger partial charge in [0.2, 0.25) is 0 Å². The largest absolute Gasteiger partial charge is 0.381 e. The number of benzene rings is 1. The second-order valence-electron chi connectivity index (χ2n) is 5.43. The van der Waals surface area contributed by atoms with Gasteiger partial charge in [-0.2, -0.15) is 0 Å². The van der Waals surface area contributed by atoms with Crippen molar-refractivity contribution in [2.24, 2.45) is 0 Å². The molecule has 0 amide bonds. The number of methoxy groups -OCH3 is 1. The molecular formula is C15H19ClN2O. The molecule has 0 bridgehead atoms. The summed E-state index contributed by atoms with van der Waals surface area (Å²) in [6.45, 7) is 4.10. The van der Waals surface area contributed by atoms with E-state index in [9.17, 15) is 0 Å². The fourth-order valence-electron chi connectivity index (χ4n) is 2.83. The van der Waals surface area contributed by atoms with Gasteiger partial charge < -0.3 is 9.30 Å². The van der Waals surface area contributed by atoms with Crippen LogP contribution in [0.3, 0.4) is 0 Å². The second kappa shape index (κ2) is 4.80. The Morgan fingerprint density at radius 1 is 1.42 bits per heavy atom. The molecule has 1 heterocycles. The van der Waals surface area contributed by atoms with Crippen LogP contribution in [0.2, 0.25) is 0 Å². The fraction of sp³-hybridized carbons (Fsp3) is 0.533. The van der Waals surface area contributed by atoms with Crippen molar-refractivity contribution in [3.8, 4) is 0 Å². The third kappa shape index (κ3) is 2.15. The normalized spacial score (nSPS) is 24.4. The van der Waals surface area contributed by atoms with Gasteiger partial charge in [-0.15, -0.1) is 11.6 Å². The maximum absolute atomic E-state index is 6.30. The number of nitrogens with zero attached hydrogens (tertiary/aromatic N) is 2. The number of fused-ring (bicyclic) bond motifs is 1. The van der Waals surface area contributed by atoms with Crippen molar-refractivity contribution in [1.29, 1.82) is 0 Å². The highest BCUT2D eigenvalue weighted by Crippen LogP contribution is 2.39. The fourth-order valence-corrected chi connectivity index (χ4v) is 2.98. The molecule has 2 aromatic rings. The average Bonchev–Trinajstić information content (AvgIpc) is 2.67. The highest BCUT2D eigenvalue weighted by atomic mass is 35.5. The van der Waals surface area contributed by atoms with Gasteiger partial charge in [-0.1, -0.05) is 6.07 Å². The van der Waals surface area contributed by atoms with Gasteiger partial charge in [-0.25, -0.2) is 4.98 Å². The molecule has 1 unspecified atom stereocenters. The van der Waals surface area contributed by atoms with E-state index in [0.29, 0.717) is 12.1 Å². The van der Waals surface area contributed by atoms with Gasteiger partial charge in [0.1, 0.15) is 5.82 Å². The maximum Gasteiger partial charge on any atom is 0.127 e. The predicted octanol–water partition coefficient (Wildman–Crippen LogP) is 3.99. The lowest BCUT2D eigenvalue weighted by atomic mass is 9.88. The molecule has 3 nitrogen and oxygen atoms in total. The zero-order chi connectivity index (χ0) is 13.6. The molecule has 0 saturated heterocycles. The van der Waals surface area contributed by atoms with Gasteiger partial charge in [0.15, 0.2) is 0 Å². The van der Waals surface area contributed by atoms with Crippen molar-refractivity contribution in [1.82, 2.24) is 9.55 Å². The second-order valence-corrected chi connectivity index (χ2v) is 6.09. The molecular weight excluding hydrogens is 260 g/mol. The van der Waals surface area contributed by atoms with Crippen LogP contribution in [-0.2, 0) is 4.74 Å². The molecule has 0 N–H and O–H groups in total. The molecule has 0 radical (unpaired) electrons. The average molecular weight is 279 g/mol. The lowest BCUT2D eigenvalue weighted by Gasteiger charge is -2.36. The van der Waals surface area contributed by atoms with Crippen LogP contribution in [0.1, 0.15) is 42.6 Å². The number of alkyl halides is 1. The highest BCUT2D eigenvalue weighted by molar-refractivity contribution is 6.20. The number of aryl methyl sites for hydroxylation is 1. The Kier molecular flexibility index (Phi) is 3.27. The van der Waals surface area contributed by atoms with Crippen LogP contribution >= 0.6 is 11.6 Å². The van der Waals surface area contributed by atoms with Crippen LogP contribution in [0.5, 0.6) is 0 Å². The Morgan fingerprint density at radius 2 is 2.16 bits per heavy atom. The number of hydrogen-bond acceptors (Lipinski definition) is 2. The van der Waals surface area contributed by atoms with E-state index in [1.165, 1.54) is 11.1 Å². The molecule has 1 saturated carbocycles. The van der Waals surface area contributed by atoms with Gasteiger partial charge in [-0.05, 0) is 44.4 Å². The minimum atomic E-state index is -0.0747. The van der Waals surface area contributed by atoms with Crippen molar-refractivity contribution in [2.75, 3.05) is 7.11 Å². The molecule has 3 rings (SSSR count). The van der Waals surface area contributed by atoms with Crippen LogP contribution in [0.25, 0.3) is 11.0 Å². The molecule has 1 aromatic heterocycles. The Morgan fingerprint density at radius 3 is 2.79 bits per heavy atom. The van der Waals surface area contributed by atoms with Gasteiger partial charge in [0.25, 0.3) is 0 Å². The number of imidazole rings is 1. The molecule has 4 heteroatoms. The summed E-state index contributed by atoms with van der Waals surface area (Å²) in [6, 6.07) is 6.84. The Balaban J connectivity index is 2.09. The summed E-state index contributed by atoms with van der Waals surface area (Å²) < 4.78 is 7.70. The molecule has 1 aliphatic carbocycles. The van der Waals surface area contributed by atoms with E-state index in [1.807, 2.05) is 6.92 Å². The predicted molar refractivity (Wildman–Crippen MR) is 77.8 cm³/mol. The first-order chi connectivity index (χ1) is 9.10. The van der Waals surface area contributed by atoms with Crippen molar-refractivity contribution in [2.45, 2.75) is 44.2 Å². The van der Waals surface area contributed by atoms with Crippen molar-refractivity contribution < 1.29 is 4.74 Å². The van der Waals surface area contributed by atoms with Crippen molar-refractivity contribution in [3.63, 3.8) is 0 Å². The van der Waals surface area contributed by atoms with Gasteiger partial charge in [-0.3, -0.25) is 0 Å². The molecule has 1 atom stereocenters. The summed E-state index contributed by atoms with van der Waals surface area (Å²) >= 11 is 6.30. The molecule has 102 valence electrons. The standard InChI is InChI=1S/C15H19ClN2O/c1-9-4-5-13-14(6-9)18(15(17-13)10(2)16)11-7-12(8-11)19-3/h4-6,10-12H,7-8H2,1-3H3. The van der Waals surface area contributed by atoms with E-state index in [2.05, 4.69) is 29.7 Å². The zero-order valence-electron chi connectivity index (χ0n) is 11.6. The monoisotopic (exact) mass is 278 g/mol. The molecule has 0 spiro atoms. The lowest BCUT2D eigenvalue weighted by molar-refractivity contribution is 0.00658. The molecule has 1 aromatic carbocycles. The summed E-state index contributed by atoms with van der Waals surface area (Å²) in [6.07, 6.45) is 2.48. The summed E-state index contributed by atoms with van der Waals surface area (Å²) in [4.78, 5) is 4.70. The van der Waals surface area contributed by atoms with Crippen LogP contribution < -0.4 is 0 Å². The SMILES string of the molecule is COC1CC(n2c(C(C)Cl)nc3ccc(C)cc32)C1. The lowest BCUT2D eigenvalue weighted by Crippen LogP contribution is -2.33. The number of halogens is 1. The number of rotatable bonds is 3. The molecule has 19 heavy (non-hydrogen) atoms. The number of aromatic nitrogens is 2. The van der Waals surface area contributed by atoms with E-state index in [0.717, 1.165) is 24.2 Å². The summed E-state index contributed by atoms with van der Waals surface area (Å²) in [7, 11) is 1.78. The minimum Gasteiger partial charge on any atom is -0.381 e. The van der Waals surface area contributed by atoms with E-state index < -0.39 is 0 Å². The molecule has 0 aliphatic heterocycles. The van der Waals surface area contributed by atoms with Crippen LogP contribution in [0.15, 0.2) is 18.2 Å². The summed E-state index contributed by atoms with van der Waals surface area (Å²) in [5.74, 6) is 0.974. The van der Waals surface area contributed by atoms with E-state index >= 15 is 0 Å². The zero-order valence-corrected chi connectivity index (χ0v) is 12.3. The first-order valence-electron chi connectivity index (χ1n) is 6.75. The third-order valence-electron chi connectivity index (χ3n) is 4.00. The molecule has 1 aliphatic rings. The Hall–Kier alpha value is -1.06. The van der Waals surface area contributed by atoms with E-state index in [-0.39, 0.29) is 5.38 Å². The summed E-state index contributed by atoms with van der Waals surface area (Å²) in [5, 5.41) is -0.0747. The Labute approximate surface area is 118 Å². The van der Waals surface area contributed by atoms with Crippen LogP contribution in [0, 0.1) is 6.92 Å². The van der Waals surface area contributed by atoms with Crippen molar-refractivity contribution >= 4 is 22.6 Å². The van der Waals surface area contributed by atoms with Gasteiger partial charge >= 0.3 is 0 Å². The van der Waals surface area contributed by atoms with Crippen molar-refractivity contribution in [3.05, 3.63) is 29.6 Å². The number of ether oxygens (including phenoxy) is 1. The smallest absolute Gasteiger partial charge is 0.127 e. The topological polar surface area (TPSA) is 27.1 Å². The Bertz CT molecular complexity index is 599. The highest BCUT2D eigenvalue weighted by Gasteiger charge is 2.33. The maximum atomic E-state index is 6.30. The van der Waals surface area contributed by atoms with Crippen LogP contribution in [-0.4, -0.2) is 22.8 Å². The first-order valence-corrected chi connectivity index (χ1v) is 7.19. The first kappa shape index (κ1) is 12.9. The van der Waals surface area contributed by atoms with E-state index in [1.54, 1.807) is 7.11 Å². The number of hydrogen-bond donors (Lipinski definition) is 0. The van der Waals surface area contributed by atoms with Gasteiger partial charge in [0, 0.05) is 13.2 Å². The minimum absolute atomic E-state index is 0.0747.